The van der Waals surface area contributed by atoms with Crippen molar-refractivity contribution in [3.05, 3.63) is 0 Å². The number of alkyl halides is 2. The number of imide groups is 1. The highest BCUT2D eigenvalue weighted by Crippen LogP contribution is 2.36. The Morgan fingerprint density at radius 3 is 2.50 bits per heavy atom. The lowest BCUT2D eigenvalue weighted by Crippen LogP contribution is -2.70. The van der Waals surface area contributed by atoms with Gasteiger partial charge in [0.25, 0.3) is 5.91 Å². The van der Waals surface area contributed by atoms with E-state index in [-0.39, 0.29) is 0 Å². The standard InChI is InChI=1S/C5H6BrClN2O3/c1-4(12)5(6,7)2(10)8-3(11)9-4/h12H,1H3,(H2,8,9,10,11). The number of amides is 3. The molecule has 0 aliphatic carbocycles. The minimum absolute atomic E-state index is 0.777. The van der Waals surface area contributed by atoms with Crippen molar-refractivity contribution in [2.75, 3.05) is 0 Å². The molecule has 3 N–H and O–H groups in total. The zero-order chi connectivity index (χ0) is 9.57. The van der Waals surface area contributed by atoms with Crippen molar-refractivity contribution in [2.24, 2.45) is 0 Å². The molecule has 1 heterocycles. The van der Waals surface area contributed by atoms with Crippen LogP contribution < -0.4 is 10.6 Å². The highest BCUT2D eigenvalue weighted by Gasteiger charge is 2.55. The fourth-order valence-electron chi connectivity index (χ4n) is 0.733. The molecule has 1 rings (SSSR count). The Kier molecular flexibility index (Phi) is 2.10. The molecule has 7 heteroatoms. The lowest BCUT2D eigenvalue weighted by molar-refractivity contribution is -0.128. The fraction of sp³-hybridized carbons (Fsp3) is 0.600. The monoisotopic (exact) mass is 256 g/mol. The fourth-order valence-corrected chi connectivity index (χ4v) is 1.03. The van der Waals surface area contributed by atoms with Gasteiger partial charge < -0.3 is 10.4 Å². The summed E-state index contributed by atoms with van der Waals surface area (Å²) < 4.78 is -1.73. The van der Waals surface area contributed by atoms with Gasteiger partial charge in [-0.1, -0.05) is 27.5 Å². The second-order valence-corrected chi connectivity index (χ2v) is 4.77. The van der Waals surface area contributed by atoms with Crippen molar-refractivity contribution in [2.45, 2.75) is 16.4 Å². The van der Waals surface area contributed by atoms with Crippen molar-refractivity contribution >= 4 is 39.5 Å². The molecule has 1 aliphatic heterocycles. The molecule has 0 aromatic heterocycles. The first-order valence-corrected chi connectivity index (χ1v) is 4.18. The number of hydrogen-bond donors (Lipinski definition) is 3. The van der Waals surface area contributed by atoms with E-state index in [1.165, 1.54) is 6.92 Å². The molecule has 68 valence electrons. The molecule has 0 aromatic rings. The Morgan fingerprint density at radius 2 is 2.08 bits per heavy atom. The average Bonchev–Trinajstić information content (AvgIpc) is 1.82. The maximum atomic E-state index is 11.0. The number of rotatable bonds is 0. The van der Waals surface area contributed by atoms with Crippen LogP contribution in [0.15, 0.2) is 0 Å². The van der Waals surface area contributed by atoms with E-state index in [0.717, 1.165) is 0 Å². The van der Waals surface area contributed by atoms with Crippen LogP contribution in [-0.4, -0.2) is 26.6 Å². The molecule has 1 aliphatic rings. The summed E-state index contributed by atoms with van der Waals surface area (Å²) >= 11 is 8.41. The van der Waals surface area contributed by atoms with Gasteiger partial charge in [0, 0.05) is 0 Å². The van der Waals surface area contributed by atoms with Crippen molar-refractivity contribution < 1.29 is 14.7 Å². The lowest BCUT2D eigenvalue weighted by atomic mass is 10.1. The van der Waals surface area contributed by atoms with Gasteiger partial charge >= 0.3 is 6.03 Å². The second-order valence-electron chi connectivity index (χ2n) is 2.55. The Hall–Kier alpha value is -0.330. The third-order valence-electron chi connectivity index (χ3n) is 1.48. The van der Waals surface area contributed by atoms with Gasteiger partial charge in [0.2, 0.25) is 3.78 Å². The van der Waals surface area contributed by atoms with E-state index in [4.69, 9.17) is 11.6 Å². The van der Waals surface area contributed by atoms with Crippen LogP contribution in [0.25, 0.3) is 0 Å². The topological polar surface area (TPSA) is 78.4 Å². The number of carbonyl (C=O) groups excluding carboxylic acids is 2. The minimum atomic E-state index is -1.81. The smallest absolute Gasteiger partial charge is 0.323 e. The summed E-state index contributed by atoms with van der Waals surface area (Å²) in [5.74, 6) is -0.794. The molecule has 12 heavy (non-hydrogen) atoms. The molecule has 0 saturated carbocycles. The molecule has 1 fully saturated rings. The molecule has 2 atom stereocenters. The number of halogens is 2. The molecule has 3 amide bonds. The number of carbonyl (C=O) groups is 2. The summed E-state index contributed by atoms with van der Waals surface area (Å²) in [5.41, 5.74) is -1.81. The van der Waals surface area contributed by atoms with E-state index in [9.17, 15) is 14.7 Å². The molecule has 0 radical (unpaired) electrons. The van der Waals surface area contributed by atoms with Gasteiger partial charge in [-0.25, -0.2) is 4.79 Å². The molecule has 5 nitrogen and oxygen atoms in total. The van der Waals surface area contributed by atoms with E-state index >= 15 is 0 Å². The van der Waals surface area contributed by atoms with Crippen LogP contribution >= 0.6 is 27.5 Å². The van der Waals surface area contributed by atoms with Crippen LogP contribution in [0.2, 0.25) is 0 Å². The molecule has 0 aromatic carbocycles. The summed E-state index contributed by atoms with van der Waals surface area (Å²) in [5, 5.41) is 13.5. The second kappa shape index (κ2) is 2.58. The SMILES string of the molecule is CC1(O)NC(=O)NC(=O)C1(Cl)Br. The summed E-state index contributed by atoms with van der Waals surface area (Å²) in [6.45, 7) is 1.21. The molecular weight excluding hydrogens is 251 g/mol. The Bertz CT molecular complexity index is 253. The van der Waals surface area contributed by atoms with Gasteiger partial charge in [-0.3, -0.25) is 10.1 Å². The van der Waals surface area contributed by atoms with Crippen LogP contribution in [0.5, 0.6) is 0 Å². The van der Waals surface area contributed by atoms with Crippen molar-refractivity contribution in [3.8, 4) is 0 Å². The van der Waals surface area contributed by atoms with Gasteiger partial charge in [-0.2, -0.15) is 0 Å². The predicted octanol–water partition coefficient (Wildman–Crippen LogP) is -0.136. The zero-order valence-electron chi connectivity index (χ0n) is 6.02. The number of urea groups is 1. The summed E-state index contributed by atoms with van der Waals surface area (Å²) in [4.78, 5) is 21.7. The van der Waals surface area contributed by atoms with Crippen molar-refractivity contribution in [1.82, 2.24) is 10.6 Å². The van der Waals surface area contributed by atoms with E-state index in [1.807, 2.05) is 5.32 Å². The molecule has 0 bridgehead atoms. The zero-order valence-corrected chi connectivity index (χ0v) is 8.36. The van der Waals surface area contributed by atoms with E-state index in [2.05, 4.69) is 21.2 Å². The van der Waals surface area contributed by atoms with Gasteiger partial charge in [0.05, 0.1) is 0 Å². The Labute approximate surface area is 81.6 Å². The quantitative estimate of drug-likeness (QED) is 0.529. The van der Waals surface area contributed by atoms with Crippen LogP contribution in [-0.2, 0) is 4.79 Å². The summed E-state index contributed by atoms with van der Waals surface area (Å²) in [6, 6.07) is -0.777. The molecule has 0 spiro atoms. The predicted molar refractivity (Wildman–Crippen MR) is 44.8 cm³/mol. The van der Waals surface area contributed by atoms with E-state index in [1.54, 1.807) is 0 Å². The summed E-state index contributed by atoms with van der Waals surface area (Å²) in [7, 11) is 0. The maximum Gasteiger partial charge on any atom is 0.323 e. The lowest BCUT2D eigenvalue weighted by Gasteiger charge is -2.38. The average molecular weight is 257 g/mol. The Morgan fingerprint density at radius 1 is 1.58 bits per heavy atom. The molecular formula is C5H6BrClN2O3. The van der Waals surface area contributed by atoms with Crippen LogP contribution in [0.1, 0.15) is 6.92 Å². The van der Waals surface area contributed by atoms with Gasteiger partial charge in [0.1, 0.15) is 0 Å². The Balaban J connectivity index is 3.02. The maximum absolute atomic E-state index is 11.0. The minimum Gasteiger partial charge on any atom is -0.368 e. The highest BCUT2D eigenvalue weighted by atomic mass is 79.9. The first-order valence-electron chi connectivity index (χ1n) is 3.01. The number of aliphatic hydroxyl groups is 1. The normalized spacial score (nSPS) is 42.0. The van der Waals surface area contributed by atoms with Crippen LogP contribution in [0, 0.1) is 0 Å². The van der Waals surface area contributed by atoms with Crippen LogP contribution in [0.3, 0.4) is 0 Å². The largest absolute Gasteiger partial charge is 0.368 e. The first kappa shape index (κ1) is 9.76. The van der Waals surface area contributed by atoms with Crippen molar-refractivity contribution in [1.29, 1.82) is 0 Å². The van der Waals surface area contributed by atoms with E-state index < -0.39 is 21.4 Å². The number of nitrogens with one attached hydrogen (secondary N) is 2. The summed E-state index contributed by atoms with van der Waals surface area (Å²) in [6.07, 6.45) is 0. The highest BCUT2D eigenvalue weighted by molar-refractivity contribution is 9.10. The van der Waals surface area contributed by atoms with Gasteiger partial charge in [-0.05, 0) is 6.92 Å². The van der Waals surface area contributed by atoms with E-state index in [0.29, 0.717) is 0 Å². The number of hydrogen-bond acceptors (Lipinski definition) is 3. The third-order valence-corrected chi connectivity index (χ3v) is 3.15. The van der Waals surface area contributed by atoms with Gasteiger partial charge in [-0.15, -0.1) is 0 Å². The van der Waals surface area contributed by atoms with Crippen LogP contribution in [0.4, 0.5) is 4.79 Å². The molecule has 1 saturated heterocycles. The molecule has 2 unspecified atom stereocenters. The van der Waals surface area contributed by atoms with Crippen molar-refractivity contribution in [3.63, 3.8) is 0 Å². The van der Waals surface area contributed by atoms with Gasteiger partial charge in [0.15, 0.2) is 5.72 Å². The third kappa shape index (κ3) is 1.30. The first-order chi connectivity index (χ1) is 5.27.